The number of likely N-dealkylation sites (N-methyl/N-ethyl adjacent to an activating group) is 1. The molecule has 0 saturated carbocycles. The van der Waals surface area contributed by atoms with Gasteiger partial charge in [-0.15, -0.1) is 0 Å². The van der Waals surface area contributed by atoms with Crippen molar-refractivity contribution in [3.05, 3.63) is 83.7 Å². The SMILES string of the molecule is CNC(=O)C1=CCC(c2nc3ccc(NC(=O)c4ccccc4)cc3[nH]2)C=C1. The second kappa shape index (κ2) is 7.52. The standard InChI is InChI=1S/C22H20N4O2/c1-23-21(27)16-9-7-14(8-10-16)20-25-18-12-11-17(13-19(18)26-20)24-22(28)15-5-3-2-4-6-15/h2-7,9-14H,8H2,1H3,(H,23,27)(H,24,28)(H,25,26). The molecule has 0 aliphatic heterocycles. The van der Waals surface area contributed by atoms with Crippen LogP contribution in [0.5, 0.6) is 0 Å². The van der Waals surface area contributed by atoms with Crippen LogP contribution in [0.25, 0.3) is 11.0 Å². The summed E-state index contributed by atoms with van der Waals surface area (Å²) in [4.78, 5) is 32.0. The van der Waals surface area contributed by atoms with Crippen molar-refractivity contribution >= 4 is 28.5 Å². The first kappa shape index (κ1) is 17.7. The van der Waals surface area contributed by atoms with E-state index >= 15 is 0 Å². The van der Waals surface area contributed by atoms with Crippen molar-refractivity contribution in [2.75, 3.05) is 12.4 Å². The minimum absolute atomic E-state index is 0.0851. The number of nitrogens with one attached hydrogen (secondary N) is 3. The Labute approximate surface area is 162 Å². The summed E-state index contributed by atoms with van der Waals surface area (Å²) >= 11 is 0. The molecule has 3 aromatic rings. The predicted octanol–water partition coefficient (Wildman–Crippen LogP) is 3.53. The Hall–Kier alpha value is -3.67. The number of nitrogens with zero attached hydrogens (tertiary/aromatic N) is 1. The largest absolute Gasteiger partial charge is 0.355 e. The minimum atomic E-state index is -0.151. The molecule has 0 spiro atoms. The van der Waals surface area contributed by atoms with Gasteiger partial charge in [0.1, 0.15) is 5.82 Å². The molecule has 1 aliphatic rings. The zero-order chi connectivity index (χ0) is 19.5. The summed E-state index contributed by atoms with van der Waals surface area (Å²) < 4.78 is 0. The highest BCUT2D eigenvalue weighted by atomic mass is 16.2. The van der Waals surface area contributed by atoms with E-state index in [1.54, 1.807) is 19.2 Å². The summed E-state index contributed by atoms with van der Waals surface area (Å²) in [6.07, 6.45) is 6.44. The lowest BCUT2D eigenvalue weighted by molar-refractivity contribution is -0.116. The number of allylic oxidation sites excluding steroid dienone is 2. The van der Waals surface area contributed by atoms with E-state index in [0.29, 0.717) is 23.2 Å². The lowest BCUT2D eigenvalue weighted by Crippen LogP contribution is -2.20. The molecular weight excluding hydrogens is 352 g/mol. The first-order valence-corrected chi connectivity index (χ1v) is 9.10. The Morgan fingerprint density at radius 2 is 1.93 bits per heavy atom. The third-order valence-corrected chi connectivity index (χ3v) is 4.73. The lowest BCUT2D eigenvalue weighted by atomic mass is 9.96. The molecule has 1 unspecified atom stereocenters. The molecule has 1 heterocycles. The van der Waals surface area contributed by atoms with E-state index in [9.17, 15) is 9.59 Å². The number of hydrogen-bond acceptors (Lipinski definition) is 3. The smallest absolute Gasteiger partial charge is 0.255 e. The van der Waals surface area contributed by atoms with Crippen LogP contribution < -0.4 is 10.6 Å². The van der Waals surface area contributed by atoms with Crippen molar-refractivity contribution in [1.29, 1.82) is 0 Å². The minimum Gasteiger partial charge on any atom is -0.355 e. The predicted molar refractivity (Wildman–Crippen MR) is 109 cm³/mol. The number of aromatic nitrogens is 2. The quantitative estimate of drug-likeness (QED) is 0.655. The summed E-state index contributed by atoms with van der Waals surface area (Å²) in [5.41, 5.74) is 3.68. The molecule has 0 fully saturated rings. The summed E-state index contributed by atoms with van der Waals surface area (Å²) in [5.74, 6) is 0.688. The summed E-state index contributed by atoms with van der Waals surface area (Å²) in [6.45, 7) is 0. The molecule has 4 rings (SSSR count). The number of benzene rings is 2. The van der Waals surface area contributed by atoms with Gasteiger partial charge in [-0.05, 0) is 36.8 Å². The summed E-state index contributed by atoms with van der Waals surface area (Å²) in [7, 11) is 1.62. The third kappa shape index (κ3) is 3.57. The highest BCUT2D eigenvalue weighted by Gasteiger charge is 2.17. The molecular formula is C22H20N4O2. The number of amides is 2. The van der Waals surface area contributed by atoms with Crippen LogP contribution in [0.1, 0.15) is 28.5 Å². The Kier molecular flexibility index (Phi) is 4.76. The number of rotatable bonds is 4. The number of hydrogen-bond donors (Lipinski definition) is 3. The van der Waals surface area contributed by atoms with E-state index in [0.717, 1.165) is 16.9 Å². The first-order chi connectivity index (χ1) is 13.6. The van der Waals surface area contributed by atoms with Gasteiger partial charge in [0.05, 0.1) is 11.0 Å². The van der Waals surface area contributed by atoms with Crippen molar-refractivity contribution in [2.45, 2.75) is 12.3 Å². The third-order valence-electron chi connectivity index (χ3n) is 4.73. The normalized spacial score (nSPS) is 15.9. The molecule has 0 bridgehead atoms. The fourth-order valence-electron chi connectivity index (χ4n) is 3.21. The maximum absolute atomic E-state index is 12.3. The molecule has 28 heavy (non-hydrogen) atoms. The van der Waals surface area contributed by atoms with Crippen LogP contribution in [-0.4, -0.2) is 28.8 Å². The fraction of sp³-hybridized carbons (Fsp3) is 0.136. The Morgan fingerprint density at radius 3 is 2.64 bits per heavy atom. The number of aromatic amines is 1. The van der Waals surface area contributed by atoms with Crippen LogP contribution in [0, 0.1) is 0 Å². The van der Waals surface area contributed by atoms with Gasteiger partial charge in [0.15, 0.2) is 0 Å². The van der Waals surface area contributed by atoms with Gasteiger partial charge >= 0.3 is 0 Å². The van der Waals surface area contributed by atoms with Crippen LogP contribution in [0.2, 0.25) is 0 Å². The number of imidazole rings is 1. The van der Waals surface area contributed by atoms with E-state index in [1.165, 1.54) is 0 Å². The Morgan fingerprint density at radius 1 is 1.11 bits per heavy atom. The van der Waals surface area contributed by atoms with Crippen molar-refractivity contribution in [2.24, 2.45) is 0 Å². The van der Waals surface area contributed by atoms with Gasteiger partial charge < -0.3 is 15.6 Å². The average Bonchev–Trinajstić information content (AvgIpc) is 3.17. The Bertz CT molecular complexity index is 1100. The molecule has 1 aromatic heterocycles. The molecule has 2 aromatic carbocycles. The molecule has 6 heteroatoms. The van der Waals surface area contributed by atoms with Gasteiger partial charge in [0.25, 0.3) is 11.8 Å². The molecule has 6 nitrogen and oxygen atoms in total. The number of fused-ring (bicyclic) bond motifs is 1. The highest BCUT2D eigenvalue weighted by Crippen LogP contribution is 2.27. The van der Waals surface area contributed by atoms with Gasteiger partial charge in [0, 0.05) is 29.8 Å². The molecule has 2 amide bonds. The van der Waals surface area contributed by atoms with Crippen LogP contribution in [-0.2, 0) is 4.79 Å². The van der Waals surface area contributed by atoms with Crippen molar-refractivity contribution in [3.63, 3.8) is 0 Å². The summed E-state index contributed by atoms with van der Waals surface area (Å²) in [6, 6.07) is 14.7. The van der Waals surface area contributed by atoms with Gasteiger partial charge in [0.2, 0.25) is 0 Å². The molecule has 3 N–H and O–H groups in total. The van der Waals surface area contributed by atoms with E-state index < -0.39 is 0 Å². The van der Waals surface area contributed by atoms with Crippen molar-refractivity contribution < 1.29 is 9.59 Å². The molecule has 140 valence electrons. The number of carbonyl (C=O) groups is 2. The second-order valence-corrected chi connectivity index (χ2v) is 6.61. The van der Waals surface area contributed by atoms with Crippen LogP contribution in [0.4, 0.5) is 5.69 Å². The fourth-order valence-corrected chi connectivity index (χ4v) is 3.21. The zero-order valence-corrected chi connectivity index (χ0v) is 15.4. The van der Waals surface area contributed by atoms with Gasteiger partial charge in [-0.1, -0.05) is 36.4 Å². The van der Waals surface area contributed by atoms with Crippen molar-refractivity contribution in [3.8, 4) is 0 Å². The first-order valence-electron chi connectivity index (χ1n) is 9.10. The Balaban J connectivity index is 1.51. The van der Waals surface area contributed by atoms with Crippen LogP contribution in [0.3, 0.4) is 0 Å². The van der Waals surface area contributed by atoms with E-state index in [2.05, 4.69) is 20.6 Å². The maximum atomic E-state index is 12.3. The average molecular weight is 372 g/mol. The highest BCUT2D eigenvalue weighted by molar-refractivity contribution is 6.04. The zero-order valence-electron chi connectivity index (χ0n) is 15.4. The molecule has 1 aliphatic carbocycles. The van der Waals surface area contributed by atoms with Crippen molar-refractivity contribution in [1.82, 2.24) is 15.3 Å². The number of anilines is 1. The van der Waals surface area contributed by atoms with E-state index in [4.69, 9.17) is 0 Å². The van der Waals surface area contributed by atoms with E-state index in [1.807, 2.05) is 54.6 Å². The van der Waals surface area contributed by atoms with Crippen LogP contribution >= 0.6 is 0 Å². The van der Waals surface area contributed by atoms with Gasteiger partial charge in [-0.25, -0.2) is 4.98 Å². The molecule has 0 saturated heterocycles. The topological polar surface area (TPSA) is 86.9 Å². The van der Waals surface area contributed by atoms with Crippen LogP contribution in [0.15, 0.2) is 72.3 Å². The molecule has 1 atom stereocenters. The lowest BCUT2D eigenvalue weighted by Gasteiger charge is -2.13. The van der Waals surface area contributed by atoms with E-state index in [-0.39, 0.29) is 17.7 Å². The molecule has 0 radical (unpaired) electrons. The van der Waals surface area contributed by atoms with Gasteiger partial charge in [-0.3, -0.25) is 9.59 Å². The monoisotopic (exact) mass is 372 g/mol. The summed E-state index contributed by atoms with van der Waals surface area (Å²) in [5, 5.41) is 5.54. The number of carbonyl (C=O) groups excluding carboxylic acids is 2. The second-order valence-electron chi connectivity index (χ2n) is 6.61. The maximum Gasteiger partial charge on any atom is 0.255 e. The number of H-pyrrole nitrogens is 1. The van der Waals surface area contributed by atoms with Gasteiger partial charge in [-0.2, -0.15) is 0 Å².